The van der Waals surface area contributed by atoms with E-state index in [0.717, 1.165) is 29.1 Å². The highest BCUT2D eigenvalue weighted by Crippen LogP contribution is 2.37. The van der Waals surface area contributed by atoms with Crippen LogP contribution in [0.25, 0.3) is 22.5 Å². The third-order valence-electron chi connectivity index (χ3n) is 5.25. The van der Waals surface area contributed by atoms with Crippen LogP contribution in [0.2, 0.25) is 0 Å². The van der Waals surface area contributed by atoms with Crippen LogP contribution in [0.5, 0.6) is 5.75 Å². The molecule has 2 heteroatoms. The zero-order chi connectivity index (χ0) is 25.6. The largest absolute Gasteiger partial charge is 0.495 e. The van der Waals surface area contributed by atoms with Crippen LogP contribution in [0.15, 0.2) is 61.7 Å². The molecule has 0 saturated carbocycles. The number of anilines is 1. The van der Waals surface area contributed by atoms with Gasteiger partial charge >= 0.3 is 0 Å². The van der Waals surface area contributed by atoms with Gasteiger partial charge < -0.3 is 9.64 Å². The monoisotopic (exact) mass is 447 g/mol. The summed E-state index contributed by atoms with van der Waals surface area (Å²) in [5.41, 5.74) is 6.82. The standard InChI is InChI=1S/C25H27NO.3C2H6/c1-7-19-14-13-17(3)24-21(16-15-20(8-2)25(19)24)18(4)26(5)22-11-9-10-12-23(22)27-6;3*1-2/h7,9-16H,1,4,8H2,2-3,5-6H3;3*1-2H3. The molecular weight excluding hydrogens is 402 g/mol. The van der Waals surface area contributed by atoms with Crippen LogP contribution in [0.4, 0.5) is 5.69 Å². The Labute approximate surface area is 203 Å². The van der Waals surface area contributed by atoms with Crippen molar-refractivity contribution < 1.29 is 4.74 Å². The molecule has 0 N–H and O–H groups in total. The smallest absolute Gasteiger partial charge is 0.142 e. The molecule has 0 saturated heterocycles. The second-order valence-corrected chi connectivity index (χ2v) is 6.73. The Kier molecular flexibility index (Phi) is 14.3. The van der Waals surface area contributed by atoms with Gasteiger partial charge in [0.15, 0.2) is 0 Å². The maximum absolute atomic E-state index is 5.54. The van der Waals surface area contributed by atoms with Crippen LogP contribution in [-0.4, -0.2) is 14.2 Å². The van der Waals surface area contributed by atoms with Gasteiger partial charge in [-0.25, -0.2) is 0 Å². The number of methoxy groups -OCH3 is 1. The summed E-state index contributed by atoms with van der Waals surface area (Å²) in [5, 5.41) is 2.53. The molecule has 0 spiro atoms. The molecule has 2 nitrogen and oxygen atoms in total. The molecule has 3 aromatic rings. The molecule has 33 heavy (non-hydrogen) atoms. The Hall–Kier alpha value is -3.00. The molecule has 180 valence electrons. The van der Waals surface area contributed by atoms with Gasteiger partial charge in [-0.05, 0) is 52.9 Å². The van der Waals surface area contributed by atoms with E-state index in [0.29, 0.717) is 0 Å². The van der Waals surface area contributed by atoms with Gasteiger partial charge in [-0.3, -0.25) is 0 Å². The van der Waals surface area contributed by atoms with Crippen molar-refractivity contribution in [3.63, 3.8) is 0 Å². The fourth-order valence-corrected chi connectivity index (χ4v) is 3.70. The number of hydrogen-bond donors (Lipinski definition) is 0. The first kappa shape index (κ1) is 30.0. The molecule has 3 rings (SSSR count). The molecule has 0 heterocycles. The van der Waals surface area contributed by atoms with Gasteiger partial charge in [0.25, 0.3) is 0 Å². The Morgan fingerprint density at radius 2 is 1.52 bits per heavy atom. The molecule has 0 atom stereocenters. The van der Waals surface area contributed by atoms with E-state index in [4.69, 9.17) is 4.74 Å². The van der Waals surface area contributed by atoms with E-state index in [9.17, 15) is 0 Å². The SMILES string of the molecule is C=Cc1ccc(C)c2c(C(=C)N(C)c3ccccc3OC)ccc(CC)c12.CC.CC.CC. The van der Waals surface area contributed by atoms with Crippen molar-refractivity contribution in [2.75, 3.05) is 19.1 Å². The summed E-state index contributed by atoms with van der Waals surface area (Å²) >= 11 is 0. The normalized spacial score (nSPS) is 9.27. The predicted octanol–water partition coefficient (Wildman–Crippen LogP) is 9.55. The maximum atomic E-state index is 5.54. The van der Waals surface area contributed by atoms with Crippen LogP contribution in [-0.2, 0) is 6.42 Å². The van der Waals surface area contributed by atoms with E-state index in [2.05, 4.69) is 62.2 Å². The van der Waals surface area contributed by atoms with E-state index < -0.39 is 0 Å². The van der Waals surface area contributed by atoms with E-state index in [1.54, 1.807) is 7.11 Å². The molecule has 0 amide bonds. The van der Waals surface area contributed by atoms with Crippen LogP contribution >= 0.6 is 0 Å². The molecular formula is C31H45NO. The van der Waals surface area contributed by atoms with Gasteiger partial charge in [-0.2, -0.15) is 0 Å². The highest BCUT2D eigenvalue weighted by Gasteiger charge is 2.17. The van der Waals surface area contributed by atoms with Crippen LogP contribution in [0.1, 0.15) is 70.7 Å². The molecule has 0 aliphatic rings. The topological polar surface area (TPSA) is 12.5 Å². The van der Waals surface area contributed by atoms with Gasteiger partial charge in [0.1, 0.15) is 5.75 Å². The maximum Gasteiger partial charge on any atom is 0.142 e. The second kappa shape index (κ2) is 15.7. The Morgan fingerprint density at radius 1 is 0.909 bits per heavy atom. The fourth-order valence-electron chi connectivity index (χ4n) is 3.70. The Balaban J connectivity index is 0.00000158. The summed E-state index contributed by atoms with van der Waals surface area (Å²) in [6.07, 6.45) is 2.92. The van der Waals surface area contributed by atoms with Crippen molar-refractivity contribution in [1.29, 1.82) is 0 Å². The van der Waals surface area contributed by atoms with Crippen LogP contribution in [0.3, 0.4) is 0 Å². The highest BCUT2D eigenvalue weighted by molar-refractivity contribution is 6.03. The lowest BCUT2D eigenvalue weighted by Crippen LogP contribution is -2.16. The van der Waals surface area contributed by atoms with Crippen LogP contribution < -0.4 is 9.64 Å². The molecule has 0 bridgehead atoms. The summed E-state index contributed by atoms with van der Waals surface area (Å²) in [6, 6.07) is 16.7. The van der Waals surface area contributed by atoms with Gasteiger partial charge in [-0.1, -0.05) is 104 Å². The number of hydrogen-bond acceptors (Lipinski definition) is 2. The average Bonchev–Trinajstić information content (AvgIpc) is 2.91. The lowest BCUT2D eigenvalue weighted by atomic mass is 9.90. The zero-order valence-corrected chi connectivity index (χ0v) is 22.7. The van der Waals surface area contributed by atoms with Crippen molar-refractivity contribution in [3.05, 3.63) is 83.9 Å². The highest BCUT2D eigenvalue weighted by atomic mass is 16.5. The van der Waals surface area contributed by atoms with E-state index in [1.807, 2.05) is 72.9 Å². The predicted molar refractivity (Wildman–Crippen MR) is 153 cm³/mol. The van der Waals surface area contributed by atoms with Crippen molar-refractivity contribution >= 4 is 28.2 Å². The third-order valence-corrected chi connectivity index (χ3v) is 5.25. The van der Waals surface area contributed by atoms with Gasteiger partial charge in [0.05, 0.1) is 12.8 Å². The number of ether oxygens (including phenoxy) is 1. The molecule has 0 unspecified atom stereocenters. The second-order valence-electron chi connectivity index (χ2n) is 6.73. The third kappa shape index (κ3) is 6.74. The number of aryl methyl sites for hydroxylation is 2. The first-order valence-corrected chi connectivity index (χ1v) is 12.3. The fraction of sp³-hybridized carbons (Fsp3) is 0.355. The van der Waals surface area contributed by atoms with E-state index in [-0.39, 0.29) is 0 Å². The summed E-state index contributed by atoms with van der Waals surface area (Å²) in [5.74, 6) is 0.833. The minimum absolute atomic E-state index is 0.833. The van der Waals surface area contributed by atoms with Crippen molar-refractivity contribution in [2.45, 2.75) is 61.8 Å². The number of fused-ring (bicyclic) bond motifs is 1. The zero-order valence-electron chi connectivity index (χ0n) is 22.7. The molecule has 0 aliphatic carbocycles. The van der Waals surface area contributed by atoms with E-state index in [1.165, 1.54) is 27.5 Å². The van der Waals surface area contributed by atoms with Gasteiger partial charge in [-0.15, -0.1) is 0 Å². The quantitative estimate of drug-likeness (QED) is 0.373. The molecule has 0 aliphatic heterocycles. The number of benzene rings is 3. The average molecular weight is 448 g/mol. The summed E-state index contributed by atoms with van der Waals surface area (Å²) in [7, 11) is 3.73. The lowest BCUT2D eigenvalue weighted by molar-refractivity contribution is 0.416. The van der Waals surface area contributed by atoms with Gasteiger partial charge in [0.2, 0.25) is 0 Å². The number of para-hydroxylation sites is 2. The van der Waals surface area contributed by atoms with Gasteiger partial charge in [0, 0.05) is 18.3 Å². The summed E-state index contributed by atoms with van der Waals surface area (Å²) in [6.45, 7) is 24.8. The molecule has 3 aromatic carbocycles. The minimum atomic E-state index is 0.833. The van der Waals surface area contributed by atoms with Crippen molar-refractivity contribution in [1.82, 2.24) is 0 Å². The lowest BCUT2D eigenvalue weighted by Gasteiger charge is -2.26. The number of nitrogens with zero attached hydrogens (tertiary/aromatic N) is 1. The Morgan fingerprint density at radius 3 is 2.06 bits per heavy atom. The molecule has 0 radical (unpaired) electrons. The molecule has 0 aromatic heterocycles. The first-order valence-electron chi connectivity index (χ1n) is 12.3. The minimum Gasteiger partial charge on any atom is -0.495 e. The summed E-state index contributed by atoms with van der Waals surface area (Å²) in [4.78, 5) is 2.10. The first-order chi connectivity index (χ1) is 16.0. The van der Waals surface area contributed by atoms with E-state index >= 15 is 0 Å². The van der Waals surface area contributed by atoms with Crippen molar-refractivity contribution in [2.24, 2.45) is 0 Å². The summed E-state index contributed by atoms with van der Waals surface area (Å²) < 4.78 is 5.54. The van der Waals surface area contributed by atoms with Crippen molar-refractivity contribution in [3.8, 4) is 5.75 Å². The van der Waals surface area contributed by atoms with Crippen LogP contribution in [0, 0.1) is 6.92 Å². The number of rotatable bonds is 6. The molecule has 0 fully saturated rings. The Bertz CT molecular complexity index is 1020.